The number of fused-ring (bicyclic) bond motifs is 1. The van der Waals surface area contributed by atoms with Crippen LogP contribution in [0.15, 0.2) is 24.4 Å². The van der Waals surface area contributed by atoms with Crippen molar-refractivity contribution >= 4 is 22.8 Å². The molecule has 27 heavy (non-hydrogen) atoms. The van der Waals surface area contributed by atoms with Gasteiger partial charge in [0.2, 0.25) is 11.5 Å². The first-order valence-electron chi connectivity index (χ1n) is 9.36. The third-order valence-corrected chi connectivity index (χ3v) is 4.48. The second kappa shape index (κ2) is 8.20. The highest BCUT2D eigenvalue weighted by molar-refractivity contribution is 5.77. The van der Waals surface area contributed by atoms with E-state index in [-0.39, 0.29) is 5.92 Å². The molecule has 2 N–H and O–H groups in total. The number of hydrogen-bond acceptors (Lipinski definition) is 7. The smallest absolute Gasteiger partial charge is 0.237 e. The van der Waals surface area contributed by atoms with Crippen LogP contribution in [-0.2, 0) is 0 Å². The molecule has 0 radical (unpaired) electrons. The molecule has 0 aliphatic carbocycles. The minimum atomic E-state index is 0.205. The van der Waals surface area contributed by atoms with Crippen molar-refractivity contribution in [1.82, 2.24) is 24.8 Å². The van der Waals surface area contributed by atoms with Gasteiger partial charge in [-0.15, -0.1) is 15.3 Å². The molecule has 0 bridgehead atoms. The second-order valence-corrected chi connectivity index (χ2v) is 6.73. The van der Waals surface area contributed by atoms with Gasteiger partial charge in [-0.3, -0.25) is 0 Å². The summed E-state index contributed by atoms with van der Waals surface area (Å²) in [6.45, 7) is 8.49. The van der Waals surface area contributed by atoms with Gasteiger partial charge in [-0.25, -0.2) is 4.98 Å². The number of ether oxygens (including phenoxy) is 1. The maximum Gasteiger partial charge on any atom is 0.237 e. The molecule has 3 aromatic heterocycles. The second-order valence-electron chi connectivity index (χ2n) is 6.73. The van der Waals surface area contributed by atoms with Gasteiger partial charge in [-0.1, -0.05) is 27.7 Å². The normalized spacial score (nSPS) is 11.4. The molecule has 0 aliphatic heterocycles. The van der Waals surface area contributed by atoms with Crippen molar-refractivity contribution in [2.24, 2.45) is 0 Å². The van der Waals surface area contributed by atoms with Crippen LogP contribution in [0, 0.1) is 0 Å². The predicted molar refractivity (Wildman–Crippen MR) is 107 cm³/mol. The maximum absolute atomic E-state index is 5.35. The summed E-state index contributed by atoms with van der Waals surface area (Å²) in [7, 11) is 1.60. The third-order valence-electron chi connectivity index (χ3n) is 4.48. The molecule has 0 unspecified atom stereocenters. The lowest BCUT2D eigenvalue weighted by Crippen LogP contribution is -2.19. The highest BCUT2D eigenvalue weighted by Crippen LogP contribution is 2.29. The van der Waals surface area contributed by atoms with Gasteiger partial charge in [0.15, 0.2) is 5.82 Å². The van der Waals surface area contributed by atoms with Gasteiger partial charge in [0.05, 0.1) is 12.8 Å². The van der Waals surface area contributed by atoms with Crippen molar-refractivity contribution in [2.75, 3.05) is 17.7 Å². The zero-order chi connectivity index (χ0) is 19.4. The number of pyridine rings is 1. The van der Waals surface area contributed by atoms with Gasteiger partial charge in [0, 0.05) is 24.2 Å². The Balaban J connectivity index is 2.09. The van der Waals surface area contributed by atoms with Crippen LogP contribution in [0.3, 0.4) is 0 Å². The Morgan fingerprint density at radius 1 is 1.15 bits per heavy atom. The first kappa shape index (κ1) is 18.9. The zero-order valence-electron chi connectivity index (χ0n) is 16.5. The number of methoxy groups -OCH3 is 1. The van der Waals surface area contributed by atoms with Gasteiger partial charge in [-0.05, 0) is 25.0 Å². The standard InChI is InChI=1S/C19H27N7O/c1-6-13(7-2)21-16-11-15(22-14-9-8-10-20-19(14)27-5)18-24-23-17(12(3)4)26(18)25-16/h8-13,22H,6-7H2,1-5H3,(H,21,25). The van der Waals surface area contributed by atoms with E-state index >= 15 is 0 Å². The van der Waals surface area contributed by atoms with Crippen LogP contribution in [0.4, 0.5) is 17.2 Å². The van der Waals surface area contributed by atoms with E-state index < -0.39 is 0 Å². The molecular weight excluding hydrogens is 342 g/mol. The summed E-state index contributed by atoms with van der Waals surface area (Å²) in [5.41, 5.74) is 2.22. The van der Waals surface area contributed by atoms with Crippen LogP contribution in [-0.4, -0.2) is 37.9 Å². The van der Waals surface area contributed by atoms with Crippen LogP contribution in [0.25, 0.3) is 5.65 Å². The number of aromatic nitrogens is 5. The SMILES string of the molecule is CCC(CC)Nc1cc(Nc2cccnc2OC)c2nnc(C(C)C)n2n1. The molecular formula is C19H27N7O. The maximum atomic E-state index is 5.35. The zero-order valence-corrected chi connectivity index (χ0v) is 16.5. The van der Waals surface area contributed by atoms with Gasteiger partial charge in [0.25, 0.3) is 0 Å². The van der Waals surface area contributed by atoms with Crippen LogP contribution in [0.5, 0.6) is 5.88 Å². The first-order valence-corrected chi connectivity index (χ1v) is 9.36. The molecule has 0 fully saturated rings. The fourth-order valence-corrected chi connectivity index (χ4v) is 2.91. The summed E-state index contributed by atoms with van der Waals surface area (Å²) in [4.78, 5) is 4.25. The number of nitrogens with zero attached hydrogens (tertiary/aromatic N) is 5. The predicted octanol–water partition coefficient (Wildman–Crippen LogP) is 4.00. The molecule has 0 atom stereocenters. The molecule has 8 heteroatoms. The summed E-state index contributed by atoms with van der Waals surface area (Å²) in [6, 6.07) is 6.08. The molecule has 144 valence electrons. The van der Waals surface area contributed by atoms with Crippen LogP contribution in [0.1, 0.15) is 52.3 Å². The van der Waals surface area contributed by atoms with Crippen molar-refractivity contribution in [1.29, 1.82) is 0 Å². The molecule has 3 aromatic rings. The minimum absolute atomic E-state index is 0.205. The lowest BCUT2D eigenvalue weighted by atomic mass is 10.2. The topological polar surface area (TPSA) is 89.3 Å². The molecule has 3 rings (SSSR count). The van der Waals surface area contributed by atoms with Gasteiger partial charge in [-0.2, -0.15) is 4.52 Å². The van der Waals surface area contributed by atoms with Crippen molar-refractivity contribution in [3.63, 3.8) is 0 Å². The summed E-state index contributed by atoms with van der Waals surface area (Å²) < 4.78 is 7.16. The monoisotopic (exact) mass is 369 g/mol. The summed E-state index contributed by atoms with van der Waals surface area (Å²) in [6.07, 6.45) is 3.74. The van der Waals surface area contributed by atoms with Crippen molar-refractivity contribution < 1.29 is 4.74 Å². The Hall–Kier alpha value is -2.90. The molecule has 0 aliphatic rings. The Labute approximate surface area is 159 Å². The molecule has 0 aromatic carbocycles. The Kier molecular flexibility index (Phi) is 5.73. The number of anilines is 3. The summed E-state index contributed by atoms with van der Waals surface area (Å²) >= 11 is 0. The minimum Gasteiger partial charge on any atom is -0.480 e. The van der Waals surface area contributed by atoms with E-state index in [0.717, 1.165) is 35.9 Å². The lowest BCUT2D eigenvalue weighted by molar-refractivity contribution is 0.400. The van der Waals surface area contributed by atoms with Crippen molar-refractivity contribution in [3.05, 3.63) is 30.2 Å². The fourth-order valence-electron chi connectivity index (χ4n) is 2.91. The van der Waals surface area contributed by atoms with Gasteiger partial charge >= 0.3 is 0 Å². The largest absolute Gasteiger partial charge is 0.480 e. The van der Waals surface area contributed by atoms with E-state index in [4.69, 9.17) is 9.84 Å². The van der Waals surface area contributed by atoms with E-state index in [0.29, 0.717) is 17.6 Å². The third kappa shape index (κ3) is 3.94. The van der Waals surface area contributed by atoms with Gasteiger partial charge < -0.3 is 15.4 Å². The Morgan fingerprint density at radius 2 is 1.93 bits per heavy atom. The van der Waals surface area contributed by atoms with E-state index in [9.17, 15) is 0 Å². The number of rotatable bonds is 8. The van der Waals surface area contributed by atoms with E-state index in [1.165, 1.54) is 0 Å². The van der Waals surface area contributed by atoms with E-state index in [1.807, 2.05) is 18.2 Å². The van der Waals surface area contributed by atoms with E-state index in [2.05, 4.69) is 53.5 Å². The number of hydrogen-bond donors (Lipinski definition) is 2. The first-order chi connectivity index (χ1) is 13.1. The Morgan fingerprint density at radius 3 is 2.59 bits per heavy atom. The fraction of sp³-hybridized carbons (Fsp3) is 0.474. The van der Waals surface area contributed by atoms with Gasteiger partial charge in [0.1, 0.15) is 11.5 Å². The average molecular weight is 369 g/mol. The van der Waals surface area contributed by atoms with Crippen LogP contribution < -0.4 is 15.4 Å². The number of nitrogens with one attached hydrogen (secondary N) is 2. The lowest BCUT2D eigenvalue weighted by Gasteiger charge is -2.17. The quantitative estimate of drug-likeness (QED) is 0.620. The van der Waals surface area contributed by atoms with Crippen molar-refractivity contribution in [2.45, 2.75) is 52.5 Å². The molecule has 0 amide bonds. The average Bonchev–Trinajstić information content (AvgIpc) is 3.11. The summed E-state index contributed by atoms with van der Waals surface area (Å²) in [5.74, 6) is 2.32. The van der Waals surface area contributed by atoms with E-state index in [1.54, 1.807) is 17.8 Å². The Bertz CT molecular complexity index is 902. The molecule has 0 saturated carbocycles. The molecule has 3 heterocycles. The van der Waals surface area contributed by atoms with Crippen LogP contribution >= 0.6 is 0 Å². The highest BCUT2D eigenvalue weighted by atomic mass is 16.5. The van der Waals surface area contributed by atoms with Crippen LogP contribution in [0.2, 0.25) is 0 Å². The molecule has 0 spiro atoms. The highest BCUT2D eigenvalue weighted by Gasteiger charge is 2.17. The summed E-state index contributed by atoms with van der Waals surface area (Å²) in [5, 5.41) is 20.3. The molecule has 8 nitrogen and oxygen atoms in total. The molecule has 0 saturated heterocycles. The van der Waals surface area contributed by atoms with Crippen molar-refractivity contribution in [3.8, 4) is 5.88 Å².